The molecule has 0 radical (unpaired) electrons. The molecule has 0 aliphatic heterocycles. The Hall–Kier alpha value is -0.0800. The van der Waals surface area contributed by atoms with Gasteiger partial charge in [0.15, 0.2) is 0 Å². The Kier molecular flexibility index (Phi) is 8.46. The monoisotopic (exact) mass is 187 g/mol. The van der Waals surface area contributed by atoms with Crippen molar-refractivity contribution in [1.29, 1.82) is 0 Å². The zero-order valence-corrected chi connectivity index (χ0v) is 9.60. The SMILES string of the molecule is CCOCCCC(CC(C)C)NC. The van der Waals surface area contributed by atoms with Crippen molar-refractivity contribution >= 4 is 0 Å². The Morgan fingerprint density at radius 1 is 1.31 bits per heavy atom. The fourth-order valence-electron chi connectivity index (χ4n) is 1.53. The first kappa shape index (κ1) is 12.9. The average Bonchev–Trinajstić information content (AvgIpc) is 2.09. The predicted octanol–water partition coefficient (Wildman–Crippen LogP) is 2.44. The van der Waals surface area contributed by atoms with Crippen LogP contribution >= 0.6 is 0 Å². The fraction of sp³-hybridized carbons (Fsp3) is 1.00. The molecule has 0 saturated carbocycles. The number of ether oxygens (including phenoxy) is 1. The van der Waals surface area contributed by atoms with Crippen LogP contribution in [0.25, 0.3) is 0 Å². The van der Waals surface area contributed by atoms with E-state index in [1.54, 1.807) is 0 Å². The molecule has 2 heteroatoms. The Morgan fingerprint density at radius 2 is 2.00 bits per heavy atom. The van der Waals surface area contributed by atoms with Gasteiger partial charge in [-0.15, -0.1) is 0 Å². The van der Waals surface area contributed by atoms with Gasteiger partial charge in [0.25, 0.3) is 0 Å². The van der Waals surface area contributed by atoms with Gasteiger partial charge in [0, 0.05) is 19.3 Å². The lowest BCUT2D eigenvalue weighted by Crippen LogP contribution is -2.27. The third-order valence-electron chi connectivity index (χ3n) is 2.21. The van der Waals surface area contributed by atoms with Crippen LogP contribution in [0.2, 0.25) is 0 Å². The molecule has 0 aromatic carbocycles. The number of nitrogens with one attached hydrogen (secondary N) is 1. The predicted molar refractivity (Wildman–Crippen MR) is 58.0 cm³/mol. The molecule has 1 N–H and O–H groups in total. The zero-order valence-electron chi connectivity index (χ0n) is 9.60. The van der Waals surface area contributed by atoms with E-state index in [4.69, 9.17) is 4.74 Å². The van der Waals surface area contributed by atoms with Crippen molar-refractivity contribution < 1.29 is 4.74 Å². The van der Waals surface area contributed by atoms with E-state index in [-0.39, 0.29) is 0 Å². The zero-order chi connectivity index (χ0) is 10.1. The van der Waals surface area contributed by atoms with Crippen molar-refractivity contribution in [2.75, 3.05) is 20.3 Å². The van der Waals surface area contributed by atoms with Gasteiger partial charge in [-0.25, -0.2) is 0 Å². The fourth-order valence-corrected chi connectivity index (χ4v) is 1.53. The maximum Gasteiger partial charge on any atom is 0.0466 e. The third kappa shape index (κ3) is 8.26. The molecule has 1 atom stereocenters. The third-order valence-corrected chi connectivity index (χ3v) is 2.21. The summed E-state index contributed by atoms with van der Waals surface area (Å²) in [5.74, 6) is 0.782. The number of rotatable bonds is 8. The van der Waals surface area contributed by atoms with E-state index < -0.39 is 0 Å². The molecule has 80 valence electrons. The Balaban J connectivity index is 3.36. The van der Waals surface area contributed by atoms with Crippen molar-refractivity contribution in [2.24, 2.45) is 5.92 Å². The van der Waals surface area contributed by atoms with E-state index in [9.17, 15) is 0 Å². The summed E-state index contributed by atoms with van der Waals surface area (Å²) < 4.78 is 5.31. The molecule has 0 rings (SSSR count). The molecule has 13 heavy (non-hydrogen) atoms. The van der Waals surface area contributed by atoms with E-state index in [0.717, 1.165) is 19.1 Å². The topological polar surface area (TPSA) is 21.3 Å². The van der Waals surface area contributed by atoms with Gasteiger partial charge in [-0.3, -0.25) is 0 Å². The molecule has 0 spiro atoms. The van der Waals surface area contributed by atoms with E-state index in [2.05, 4.69) is 19.2 Å². The molecule has 0 aromatic heterocycles. The maximum absolute atomic E-state index is 5.31. The highest BCUT2D eigenvalue weighted by molar-refractivity contribution is 4.66. The van der Waals surface area contributed by atoms with Crippen molar-refractivity contribution in [3.05, 3.63) is 0 Å². The smallest absolute Gasteiger partial charge is 0.0466 e. The second kappa shape index (κ2) is 8.52. The van der Waals surface area contributed by atoms with Crippen molar-refractivity contribution in [3.63, 3.8) is 0 Å². The standard InChI is InChI=1S/C11H25NO/c1-5-13-8-6-7-11(12-4)9-10(2)3/h10-12H,5-9H2,1-4H3. The van der Waals surface area contributed by atoms with Gasteiger partial charge >= 0.3 is 0 Å². The normalized spacial score (nSPS) is 13.6. The summed E-state index contributed by atoms with van der Waals surface area (Å²) in [5.41, 5.74) is 0. The summed E-state index contributed by atoms with van der Waals surface area (Å²) >= 11 is 0. The molecule has 1 unspecified atom stereocenters. The lowest BCUT2D eigenvalue weighted by atomic mass is 10.0. The molecule has 0 amide bonds. The van der Waals surface area contributed by atoms with Crippen molar-refractivity contribution in [2.45, 2.75) is 46.1 Å². The summed E-state index contributed by atoms with van der Waals surface area (Å²) in [7, 11) is 2.05. The summed E-state index contributed by atoms with van der Waals surface area (Å²) in [5, 5.41) is 3.35. The van der Waals surface area contributed by atoms with Gasteiger partial charge < -0.3 is 10.1 Å². The lowest BCUT2D eigenvalue weighted by Gasteiger charge is -2.17. The van der Waals surface area contributed by atoms with E-state index in [1.165, 1.54) is 19.3 Å². The first-order valence-corrected chi connectivity index (χ1v) is 5.45. The van der Waals surface area contributed by atoms with Crippen molar-refractivity contribution in [3.8, 4) is 0 Å². The molecule has 2 nitrogen and oxygen atoms in total. The highest BCUT2D eigenvalue weighted by Gasteiger charge is 2.07. The number of hydrogen-bond acceptors (Lipinski definition) is 2. The van der Waals surface area contributed by atoms with Gasteiger partial charge in [0.1, 0.15) is 0 Å². The molecule has 0 aromatic rings. The molecular weight excluding hydrogens is 162 g/mol. The van der Waals surface area contributed by atoms with Gasteiger partial charge in [0.05, 0.1) is 0 Å². The minimum absolute atomic E-state index is 0.667. The second-order valence-electron chi connectivity index (χ2n) is 3.95. The minimum Gasteiger partial charge on any atom is -0.382 e. The number of hydrogen-bond donors (Lipinski definition) is 1. The molecular formula is C11H25NO. The summed E-state index contributed by atoms with van der Waals surface area (Å²) in [4.78, 5) is 0. The highest BCUT2D eigenvalue weighted by atomic mass is 16.5. The molecule has 0 aliphatic carbocycles. The van der Waals surface area contributed by atoms with Gasteiger partial charge in [0.2, 0.25) is 0 Å². The van der Waals surface area contributed by atoms with Crippen LogP contribution in [-0.4, -0.2) is 26.3 Å². The molecule has 0 heterocycles. The summed E-state index contributed by atoms with van der Waals surface area (Å²) in [6, 6.07) is 0.667. The average molecular weight is 187 g/mol. The van der Waals surface area contributed by atoms with E-state index >= 15 is 0 Å². The van der Waals surface area contributed by atoms with Crippen LogP contribution in [0.5, 0.6) is 0 Å². The van der Waals surface area contributed by atoms with Crippen LogP contribution in [-0.2, 0) is 4.74 Å². The van der Waals surface area contributed by atoms with Crippen LogP contribution in [0, 0.1) is 5.92 Å². The lowest BCUT2D eigenvalue weighted by molar-refractivity contribution is 0.140. The quantitative estimate of drug-likeness (QED) is 0.589. The van der Waals surface area contributed by atoms with Crippen LogP contribution in [0.1, 0.15) is 40.0 Å². The van der Waals surface area contributed by atoms with Crippen molar-refractivity contribution in [1.82, 2.24) is 5.32 Å². The minimum atomic E-state index is 0.667. The van der Waals surface area contributed by atoms with E-state index in [1.807, 2.05) is 14.0 Å². The van der Waals surface area contributed by atoms with Crippen LogP contribution < -0.4 is 5.32 Å². The second-order valence-corrected chi connectivity index (χ2v) is 3.95. The first-order valence-electron chi connectivity index (χ1n) is 5.45. The van der Waals surface area contributed by atoms with Gasteiger partial charge in [-0.2, -0.15) is 0 Å². The molecule has 0 bridgehead atoms. The largest absolute Gasteiger partial charge is 0.382 e. The summed E-state index contributed by atoms with van der Waals surface area (Å²) in [6.07, 6.45) is 3.67. The highest BCUT2D eigenvalue weighted by Crippen LogP contribution is 2.09. The van der Waals surface area contributed by atoms with Crippen LogP contribution in [0.15, 0.2) is 0 Å². The van der Waals surface area contributed by atoms with Crippen LogP contribution in [0.4, 0.5) is 0 Å². The first-order chi connectivity index (χ1) is 6.20. The Labute approximate surface area is 83.1 Å². The maximum atomic E-state index is 5.31. The molecule has 0 saturated heterocycles. The van der Waals surface area contributed by atoms with Gasteiger partial charge in [-0.05, 0) is 39.2 Å². The van der Waals surface area contributed by atoms with E-state index in [0.29, 0.717) is 6.04 Å². The molecule has 0 fully saturated rings. The Bertz CT molecular complexity index is 104. The van der Waals surface area contributed by atoms with Gasteiger partial charge in [-0.1, -0.05) is 13.8 Å². The molecule has 0 aliphatic rings. The van der Waals surface area contributed by atoms with Crippen LogP contribution in [0.3, 0.4) is 0 Å². The Morgan fingerprint density at radius 3 is 2.46 bits per heavy atom. The summed E-state index contributed by atoms with van der Waals surface area (Å²) in [6.45, 7) is 8.34.